The van der Waals surface area contributed by atoms with Crippen molar-refractivity contribution in [2.45, 2.75) is 40.5 Å². The molecule has 0 aliphatic rings. The van der Waals surface area contributed by atoms with Gasteiger partial charge in [0.15, 0.2) is 0 Å². The molecule has 17 heavy (non-hydrogen) atoms. The van der Waals surface area contributed by atoms with Crippen molar-refractivity contribution in [3.63, 3.8) is 0 Å². The summed E-state index contributed by atoms with van der Waals surface area (Å²) in [6, 6.07) is 4.96. The van der Waals surface area contributed by atoms with Crippen LogP contribution in [0.3, 0.4) is 0 Å². The van der Waals surface area contributed by atoms with Crippen LogP contribution in [0.1, 0.15) is 31.9 Å². The highest BCUT2D eigenvalue weighted by atomic mass is 19.4. The molecule has 96 valence electrons. The van der Waals surface area contributed by atoms with E-state index in [1.165, 1.54) is 6.07 Å². The van der Waals surface area contributed by atoms with Crippen molar-refractivity contribution >= 4 is 0 Å². The summed E-state index contributed by atoms with van der Waals surface area (Å²) in [6.07, 6.45) is -3.92. The van der Waals surface area contributed by atoms with E-state index in [2.05, 4.69) is 4.74 Å². The summed E-state index contributed by atoms with van der Waals surface area (Å²) >= 11 is 0. The van der Waals surface area contributed by atoms with Gasteiger partial charge < -0.3 is 4.74 Å². The van der Waals surface area contributed by atoms with E-state index in [1.54, 1.807) is 13.0 Å². The predicted molar refractivity (Wildman–Crippen MR) is 61.0 cm³/mol. The minimum atomic E-state index is -4.63. The summed E-state index contributed by atoms with van der Waals surface area (Å²) < 4.78 is 40.5. The molecule has 0 atom stereocenters. The van der Waals surface area contributed by atoms with Gasteiger partial charge >= 0.3 is 6.36 Å². The van der Waals surface area contributed by atoms with Crippen LogP contribution in [0.15, 0.2) is 18.2 Å². The van der Waals surface area contributed by atoms with Crippen LogP contribution in [-0.4, -0.2) is 6.36 Å². The van der Waals surface area contributed by atoms with Gasteiger partial charge in [0.05, 0.1) is 0 Å². The van der Waals surface area contributed by atoms with Crippen LogP contribution >= 0.6 is 0 Å². The molecule has 0 heterocycles. The molecule has 1 rings (SSSR count). The van der Waals surface area contributed by atoms with Gasteiger partial charge in [0.2, 0.25) is 0 Å². The van der Waals surface area contributed by atoms with Gasteiger partial charge in [0.1, 0.15) is 5.75 Å². The summed E-state index contributed by atoms with van der Waals surface area (Å²) in [5, 5.41) is 0. The fourth-order valence-corrected chi connectivity index (χ4v) is 1.60. The molecule has 1 aromatic carbocycles. The van der Waals surface area contributed by atoms with E-state index in [4.69, 9.17) is 0 Å². The predicted octanol–water partition coefficient (Wildman–Crippen LogP) is 4.48. The van der Waals surface area contributed by atoms with Crippen molar-refractivity contribution in [2.24, 2.45) is 5.41 Å². The number of benzene rings is 1. The van der Waals surface area contributed by atoms with E-state index in [0.29, 0.717) is 12.0 Å². The summed E-state index contributed by atoms with van der Waals surface area (Å²) in [7, 11) is 0. The normalized spacial score (nSPS) is 12.6. The van der Waals surface area contributed by atoms with Crippen LogP contribution in [-0.2, 0) is 6.42 Å². The maximum absolute atomic E-state index is 12.2. The molecular weight excluding hydrogens is 229 g/mol. The Morgan fingerprint density at radius 3 is 2.18 bits per heavy atom. The molecule has 0 bridgehead atoms. The molecule has 0 aliphatic carbocycles. The number of rotatable bonds is 2. The fourth-order valence-electron chi connectivity index (χ4n) is 1.60. The molecule has 0 N–H and O–H groups in total. The second kappa shape index (κ2) is 4.59. The number of hydrogen-bond donors (Lipinski definition) is 0. The van der Waals surface area contributed by atoms with Crippen LogP contribution in [0.2, 0.25) is 0 Å². The lowest BCUT2D eigenvalue weighted by Gasteiger charge is -2.19. The smallest absolute Gasteiger partial charge is 0.406 e. The standard InChI is InChI=1S/C13H17F3O/c1-9-5-6-10(8-12(2,3)4)7-11(9)17-13(14,15)16/h5-7H,8H2,1-4H3. The quantitative estimate of drug-likeness (QED) is 0.747. The molecule has 0 fully saturated rings. The molecular formula is C13H17F3O. The van der Waals surface area contributed by atoms with Crippen LogP contribution < -0.4 is 4.74 Å². The number of alkyl halides is 3. The lowest BCUT2D eigenvalue weighted by atomic mass is 9.88. The van der Waals surface area contributed by atoms with Crippen LogP contribution in [0, 0.1) is 12.3 Å². The Morgan fingerprint density at radius 2 is 1.71 bits per heavy atom. The average Bonchev–Trinajstić information content (AvgIpc) is 2.05. The SMILES string of the molecule is Cc1ccc(CC(C)(C)C)cc1OC(F)(F)F. The van der Waals surface area contributed by atoms with Gasteiger partial charge in [-0.15, -0.1) is 13.2 Å². The highest BCUT2D eigenvalue weighted by molar-refractivity contribution is 5.37. The Bertz CT molecular complexity index is 389. The molecule has 0 saturated heterocycles. The topological polar surface area (TPSA) is 9.23 Å². The van der Waals surface area contributed by atoms with Crippen molar-refractivity contribution in [3.8, 4) is 5.75 Å². The molecule has 0 aliphatic heterocycles. The maximum atomic E-state index is 12.2. The number of aryl methyl sites for hydroxylation is 1. The van der Waals surface area contributed by atoms with E-state index in [0.717, 1.165) is 5.56 Å². The Balaban J connectivity index is 2.95. The third-order valence-corrected chi connectivity index (χ3v) is 2.21. The zero-order chi connectivity index (χ0) is 13.3. The van der Waals surface area contributed by atoms with E-state index in [9.17, 15) is 13.2 Å². The van der Waals surface area contributed by atoms with Crippen molar-refractivity contribution < 1.29 is 17.9 Å². The first kappa shape index (κ1) is 13.9. The molecule has 0 amide bonds. The van der Waals surface area contributed by atoms with Gasteiger partial charge in [-0.1, -0.05) is 32.9 Å². The summed E-state index contributed by atoms with van der Waals surface area (Å²) in [6.45, 7) is 7.72. The van der Waals surface area contributed by atoms with E-state index >= 15 is 0 Å². The lowest BCUT2D eigenvalue weighted by Crippen LogP contribution is -2.18. The Kier molecular flexibility index (Phi) is 3.74. The molecule has 0 radical (unpaired) electrons. The van der Waals surface area contributed by atoms with Crippen molar-refractivity contribution in [1.29, 1.82) is 0 Å². The summed E-state index contributed by atoms with van der Waals surface area (Å²) in [4.78, 5) is 0. The van der Waals surface area contributed by atoms with E-state index < -0.39 is 6.36 Å². The van der Waals surface area contributed by atoms with Gasteiger partial charge in [0.25, 0.3) is 0 Å². The monoisotopic (exact) mass is 246 g/mol. The van der Waals surface area contributed by atoms with Crippen LogP contribution in [0.25, 0.3) is 0 Å². The Morgan fingerprint density at radius 1 is 1.12 bits per heavy atom. The first-order valence-electron chi connectivity index (χ1n) is 5.42. The first-order valence-corrected chi connectivity index (χ1v) is 5.42. The minimum Gasteiger partial charge on any atom is -0.406 e. The van der Waals surface area contributed by atoms with Gasteiger partial charge in [0, 0.05) is 0 Å². The molecule has 0 saturated carbocycles. The third-order valence-electron chi connectivity index (χ3n) is 2.21. The molecule has 0 spiro atoms. The highest BCUT2D eigenvalue weighted by Crippen LogP contribution is 2.29. The number of halogens is 3. The van der Waals surface area contributed by atoms with Crippen molar-refractivity contribution in [3.05, 3.63) is 29.3 Å². The number of hydrogen-bond acceptors (Lipinski definition) is 1. The number of ether oxygens (including phenoxy) is 1. The largest absolute Gasteiger partial charge is 0.573 e. The Hall–Kier alpha value is -1.19. The maximum Gasteiger partial charge on any atom is 0.573 e. The minimum absolute atomic E-state index is 0.0325. The molecule has 1 aromatic rings. The lowest BCUT2D eigenvalue weighted by molar-refractivity contribution is -0.274. The highest BCUT2D eigenvalue weighted by Gasteiger charge is 2.31. The van der Waals surface area contributed by atoms with Gasteiger partial charge in [-0.2, -0.15) is 0 Å². The van der Waals surface area contributed by atoms with Crippen molar-refractivity contribution in [2.75, 3.05) is 0 Å². The second-order valence-corrected chi connectivity index (χ2v) is 5.39. The van der Waals surface area contributed by atoms with E-state index in [-0.39, 0.29) is 11.2 Å². The molecule has 4 heteroatoms. The molecule has 1 nitrogen and oxygen atoms in total. The fraction of sp³-hybridized carbons (Fsp3) is 0.538. The Labute approximate surface area is 99.6 Å². The average molecular weight is 246 g/mol. The zero-order valence-corrected chi connectivity index (χ0v) is 10.5. The third kappa shape index (κ3) is 5.11. The first-order chi connectivity index (χ1) is 7.57. The van der Waals surface area contributed by atoms with Crippen LogP contribution in [0.5, 0.6) is 5.75 Å². The summed E-state index contributed by atoms with van der Waals surface area (Å²) in [5.74, 6) is -0.112. The van der Waals surface area contributed by atoms with E-state index in [1.807, 2.05) is 26.8 Å². The van der Waals surface area contributed by atoms with Crippen LogP contribution in [0.4, 0.5) is 13.2 Å². The second-order valence-electron chi connectivity index (χ2n) is 5.39. The zero-order valence-electron chi connectivity index (χ0n) is 10.5. The van der Waals surface area contributed by atoms with Crippen molar-refractivity contribution in [1.82, 2.24) is 0 Å². The molecule has 0 unspecified atom stereocenters. The van der Waals surface area contributed by atoms with Gasteiger partial charge in [-0.3, -0.25) is 0 Å². The summed E-state index contributed by atoms with van der Waals surface area (Å²) in [5.41, 5.74) is 1.37. The van der Waals surface area contributed by atoms with Gasteiger partial charge in [-0.25, -0.2) is 0 Å². The van der Waals surface area contributed by atoms with Gasteiger partial charge in [-0.05, 0) is 36.0 Å². The molecule has 0 aromatic heterocycles.